The molecule has 2 rings (SSSR count). The summed E-state index contributed by atoms with van der Waals surface area (Å²) in [4.78, 5) is 10.7. The van der Waals surface area contributed by atoms with Crippen LogP contribution in [0.2, 0.25) is 0 Å². The van der Waals surface area contributed by atoms with Crippen LogP contribution < -0.4 is 0 Å². The Morgan fingerprint density at radius 3 is 2.50 bits per heavy atom. The largest absolute Gasteiger partial charge is 0.481 e. The lowest BCUT2D eigenvalue weighted by Gasteiger charge is -2.14. The first-order valence-corrected chi connectivity index (χ1v) is 5.12. The Bertz CT molecular complexity index is 451. The average Bonchev–Trinajstić information content (AvgIpc) is 2.91. The number of aryl methyl sites for hydroxylation is 1. The fourth-order valence-electron chi connectivity index (χ4n) is 2.03. The second-order valence-corrected chi connectivity index (χ2v) is 4.43. The van der Waals surface area contributed by atoms with Crippen LogP contribution in [0.5, 0.6) is 0 Å². The number of carbonyl (C=O) groups is 1. The summed E-state index contributed by atoms with van der Waals surface area (Å²) in [7, 11) is 0. The number of benzene rings is 1. The van der Waals surface area contributed by atoms with Gasteiger partial charge in [0, 0.05) is 5.41 Å². The van der Waals surface area contributed by atoms with Gasteiger partial charge < -0.3 is 5.11 Å². The third kappa shape index (κ3) is 1.79. The van der Waals surface area contributed by atoms with Crippen molar-refractivity contribution in [2.75, 3.05) is 0 Å². The predicted octanol–water partition coefficient (Wildman–Crippen LogP) is 2.78. The van der Waals surface area contributed by atoms with E-state index in [1.54, 1.807) is 0 Å². The predicted molar refractivity (Wildman–Crippen MR) is 54.3 cm³/mol. The molecule has 0 aromatic heterocycles. The standard InChI is InChI=1S/C12H12F2O2/c1-7-4-10(14)8(5-9(7)13)12(2-3-12)6-11(15)16/h4-5H,2-3,6H2,1H3,(H,15,16). The van der Waals surface area contributed by atoms with Gasteiger partial charge in [-0.1, -0.05) is 0 Å². The van der Waals surface area contributed by atoms with Gasteiger partial charge in [-0.05, 0) is 43.0 Å². The number of halogens is 2. The van der Waals surface area contributed by atoms with E-state index >= 15 is 0 Å². The first kappa shape index (κ1) is 11.0. The van der Waals surface area contributed by atoms with Crippen LogP contribution in [0.15, 0.2) is 12.1 Å². The van der Waals surface area contributed by atoms with Crippen LogP contribution in [0.3, 0.4) is 0 Å². The molecule has 1 aliphatic carbocycles. The van der Waals surface area contributed by atoms with E-state index < -0.39 is 23.0 Å². The van der Waals surface area contributed by atoms with Gasteiger partial charge in [0.15, 0.2) is 0 Å². The summed E-state index contributed by atoms with van der Waals surface area (Å²) >= 11 is 0. The van der Waals surface area contributed by atoms with Gasteiger partial charge in [0.25, 0.3) is 0 Å². The number of hydrogen-bond donors (Lipinski definition) is 1. The number of aliphatic carboxylic acids is 1. The normalized spacial score (nSPS) is 17.2. The van der Waals surface area contributed by atoms with Crippen molar-refractivity contribution >= 4 is 5.97 Å². The molecule has 0 radical (unpaired) electrons. The van der Waals surface area contributed by atoms with Crippen LogP contribution in [0.4, 0.5) is 8.78 Å². The lowest BCUT2D eigenvalue weighted by molar-refractivity contribution is -0.137. The lowest BCUT2D eigenvalue weighted by Crippen LogP contribution is -2.15. The quantitative estimate of drug-likeness (QED) is 0.860. The van der Waals surface area contributed by atoms with E-state index in [4.69, 9.17) is 5.11 Å². The van der Waals surface area contributed by atoms with Gasteiger partial charge in [-0.15, -0.1) is 0 Å². The molecule has 16 heavy (non-hydrogen) atoms. The maximum atomic E-state index is 13.7. The topological polar surface area (TPSA) is 37.3 Å². The summed E-state index contributed by atoms with van der Waals surface area (Å²) < 4.78 is 27.0. The van der Waals surface area contributed by atoms with Crippen LogP contribution in [0.25, 0.3) is 0 Å². The van der Waals surface area contributed by atoms with Crippen molar-refractivity contribution in [1.29, 1.82) is 0 Å². The van der Waals surface area contributed by atoms with E-state index in [-0.39, 0.29) is 17.5 Å². The zero-order valence-electron chi connectivity index (χ0n) is 8.89. The minimum Gasteiger partial charge on any atom is -0.481 e. The third-order valence-electron chi connectivity index (χ3n) is 3.16. The first-order chi connectivity index (χ1) is 7.44. The molecular formula is C12H12F2O2. The highest BCUT2D eigenvalue weighted by Crippen LogP contribution is 2.52. The van der Waals surface area contributed by atoms with E-state index in [0.717, 1.165) is 12.1 Å². The van der Waals surface area contributed by atoms with Gasteiger partial charge >= 0.3 is 5.97 Å². The molecule has 0 heterocycles. The van der Waals surface area contributed by atoms with Crippen molar-refractivity contribution in [2.45, 2.75) is 31.6 Å². The minimum absolute atomic E-state index is 0.133. The van der Waals surface area contributed by atoms with Crippen molar-refractivity contribution in [3.05, 3.63) is 34.9 Å². The fourth-order valence-corrected chi connectivity index (χ4v) is 2.03. The zero-order valence-corrected chi connectivity index (χ0v) is 8.89. The SMILES string of the molecule is Cc1cc(F)c(C2(CC(=O)O)CC2)cc1F. The molecule has 0 saturated heterocycles. The van der Waals surface area contributed by atoms with E-state index in [0.29, 0.717) is 12.8 Å². The molecule has 0 atom stereocenters. The molecule has 0 unspecified atom stereocenters. The summed E-state index contributed by atoms with van der Waals surface area (Å²) in [6.07, 6.45) is 1.09. The molecule has 4 heteroatoms. The molecule has 0 amide bonds. The molecule has 0 aliphatic heterocycles. The van der Waals surface area contributed by atoms with E-state index in [1.165, 1.54) is 6.92 Å². The highest BCUT2D eigenvalue weighted by molar-refractivity contribution is 5.70. The highest BCUT2D eigenvalue weighted by Gasteiger charge is 2.47. The van der Waals surface area contributed by atoms with Gasteiger partial charge in [-0.2, -0.15) is 0 Å². The first-order valence-electron chi connectivity index (χ1n) is 5.12. The molecule has 1 fully saturated rings. The summed E-state index contributed by atoms with van der Waals surface area (Å²) in [6.45, 7) is 1.49. The number of carboxylic acids is 1. The molecule has 86 valence electrons. The Labute approximate surface area is 91.9 Å². The highest BCUT2D eigenvalue weighted by atomic mass is 19.1. The number of rotatable bonds is 3. The number of carboxylic acid groups (broad SMARTS) is 1. The molecule has 0 spiro atoms. The average molecular weight is 226 g/mol. The molecule has 0 bridgehead atoms. The molecule has 1 aromatic rings. The van der Waals surface area contributed by atoms with E-state index in [9.17, 15) is 13.6 Å². The molecule has 1 aliphatic rings. The lowest BCUT2D eigenvalue weighted by atomic mass is 9.91. The number of hydrogen-bond acceptors (Lipinski definition) is 1. The minimum atomic E-state index is -0.974. The van der Waals surface area contributed by atoms with Gasteiger partial charge in [0.05, 0.1) is 6.42 Å². The maximum Gasteiger partial charge on any atom is 0.304 e. The molecule has 1 saturated carbocycles. The zero-order chi connectivity index (χ0) is 11.9. The van der Waals surface area contributed by atoms with Crippen molar-refractivity contribution in [3.8, 4) is 0 Å². The van der Waals surface area contributed by atoms with Crippen molar-refractivity contribution in [1.82, 2.24) is 0 Å². The summed E-state index contributed by atoms with van der Waals surface area (Å²) in [5.41, 5.74) is -0.227. The Morgan fingerprint density at radius 2 is 2.00 bits per heavy atom. The molecule has 2 nitrogen and oxygen atoms in total. The summed E-state index contributed by atoms with van der Waals surface area (Å²) in [5.74, 6) is -1.96. The fraction of sp³-hybridized carbons (Fsp3) is 0.417. The van der Waals surface area contributed by atoms with Crippen LogP contribution >= 0.6 is 0 Å². The molecule has 1 aromatic carbocycles. The summed E-state index contributed by atoms with van der Waals surface area (Å²) in [5, 5.41) is 8.75. The Kier molecular flexibility index (Phi) is 2.45. The van der Waals surface area contributed by atoms with Crippen molar-refractivity contribution in [2.24, 2.45) is 0 Å². The van der Waals surface area contributed by atoms with Crippen molar-refractivity contribution in [3.63, 3.8) is 0 Å². The Morgan fingerprint density at radius 1 is 1.38 bits per heavy atom. The monoisotopic (exact) mass is 226 g/mol. The van der Waals surface area contributed by atoms with Gasteiger partial charge in [0.1, 0.15) is 11.6 Å². The van der Waals surface area contributed by atoms with Gasteiger partial charge in [-0.25, -0.2) is 8.78 Å². The van der Waals surface area contributed by atoms with Crippen LogP contribution in [0.1, 0.15) is 30.4 Å². The second kappa shape index (κ2) is 3.54. The van der Waals surface area contributed by atoms with Gasteiger partial charge in [-0.3, -0.25) is 4.79 Å². The van der Waals surface area contributed by atoms with Crippen LogP contribution in [0, 0.1) is 18.6 Å². The van der Waals surface area contributed by atoms with E-state index in [1.807, 2.05) is 0 Å². The van der Waals surface area contributed by atoms with E-state index in [2.05, 4.69) is 0 Å². The van der Waals surface area contributed by atoms with Crippen LogP contribution in [-0.2, 0) is 10.2 Å². The third-order valence-corrected chi connectivity index (χ3v) is 3.16. The Balaban J connectivity index is 2.41. The second-order valence-electron chi connectivity index (χ2n) is 4.43. The van der Waals surface area contributed by atoms with Crippen LogP contribution in [-0.4, -0.2) is 11.1 Å². The molecular weight excluding hydrogens is 214 g/mol. The van der Waals surface area contributed by atoms with Crippen molar-refractivity contribution < 1.29 is 18.7 Å². The summed E-state index contributed by atoms with van der Waals surface area (Å²) in [6, 6.07) is 2.27. The smallest absolute Gasteiger partial charge is 0.304 e. The maximum absolute atomic E-state index is 13.7. The van der Waals surface area contributed by atoms with Gasteiger partial charge in [0.2, 0.25) is 0 Å². The Hall–Kier alpha value is -1.45. The molecule has 1 N–H and O–H groups in total.